The van der Waals surface area contributed by atoms with Crippen LogP contribution in [-0.2, 0) is 11.2 Å². The lowest BCUT2D eigenvalue weighted by Crippen LogP contribution is -2.42. The van der Waals surface area contributed by atoms with Crippen LogP contribution in [0.1, 0.15) is 15.9 Å². The fraction of sp³-hybridized carbons (Fsp3) is 0.0667. The summed E-state index contributed by atoms with van der Waals surface area (Å²) < 4.78 is 13.5. The molecule has 0 radical (unpaired) electrons. The number of hydrazine groups is 1. The number of hydrogen-bond acceptors (Lipinski definition) is 2. The van der Waals surface area contributed by atoms with Crippen molar-refractivity contribution in [3.8, 4) is 0 Å². The van der Waals surface area contributed by atoms with Crippen molar-refractivity contribution in [2.45, 2.75) is 6.42 Å². The third-order valence-electron chi connectivity index (χ3n) is 2.77. The number of rotatable bonds is 3. The number of carbonyl (C=O) groups is 2. The molecular weight excluding hydrogens is 375 g/mol. The van der Waals surface area contributed by atoms with E-state index in [1.807, 2.05) is 0 Å². The fourth-order valence-corrected chi connectivity index (χ4v) is 2.26. The normalized spacial score (nSPS) is 10.1. The highest BCUT2D eigenvalue weighted by Crippen LogP contribution is 2.20. The van der Waals surface area contributed by atoms with Gasteiger partial charge in [0, 0.05) is 4.47 Å². The lowest BCUT2D eigenvalue weighted by atomic mass is 10.1. The second kappa shape index (κ2) is 7.38. The number of halogens is 3. The van der Waals surface area contributed by atoms with E-state index in [4.69, 9.17) is 11.6 Å². The zero-order valence-corrected chi connectivity index (χ0v) is 13.5. The van der Waals surface area contributed by atoms with E-state index in [9.17, 15) is 14.0 Å². The molecule has 2 N–H and O–H groups in total. The Hall–Kier alpha value is -1.92. The third kappa shape index (κ3) is 4.54. The van der Waals surface area contributed by atoms with Crippen LogP contribution in [0.5, 0.6) is 0 Å². The number of nitrogens with one attached hydrogen (secondary N) is 2. The number of amides is 2. The third-order valence-corrected chi connectivity index (χ3v) is 3.59. The molecule has 0 fully saturated rings. The molecule has 0 aliphatic heterocycles. The average Bonchev–Trinajstić information content (AvgIpc) is 2.49. The van der Waals surface area contributed by atoms with Crippen molar-refractivity contribution in [3.05, 3.63) is 68.9 Å². The van der Waals surface area contributed by atoms with E-state index in [0.717, 1.165) is 0 Å². The van der Waals surface area contributed by atoms with Crippen LogP contribution in [0.4, 0.5) is 4.39 Å². The molecule has 2 aromatic rings. The van der Waals surface area contributed by atoms with Gasteiger partial charge >= 0.3 is 0 Å². The van der Waals surface area contributed by atoms with Crippen molar-refractivity contribution in [3.63, 3.8) is 0 Å². The largest absolute Gasteiger partial charge is 0.273 e. The lowest BCUT2D eigenvalue weighted by Gasteiger charge is -2.09. The van der Waals surface area contributed by atoms with Crippen LogP contribution < -0.4 is 10.9 Å². The van der Waals surface area contributed by atoms with Gasteiger partial charge in [0.15, 0.2) is 0 Å². The van der Waals surface area contributed by atoms with Gasteiger partial charge in [-0.3, -0.25) is 20.4 Å². The minimum Gasteiger partial charge on any atom is -0.273 e. The van der Waals surface area contributed by atoms with Crippen LogP contribution in [0.2, 0.25) is 5.02 Å². The van der Waals surface area contributed by atoms with Crippen molar-refractivity contribution < 1.29 is 14.0 Å². The maximum Gasteiger partial charge on any atom is 0.271 e. The molecule has 0 saturated carbocycles. The Morgan fingerprint density at radius 3 is 2.45 bits per heavy atom. The van der Waals surface area contributed by atoms with Crippen molar-refractivity contribution in [2.75, 3.05) is 0 Å². The zero-order chi connectivity index (χ0) is 16.1. The quantitative estimate of drug-likeness (QED) is 0.797. The van der Waals surface area contributed by atoms with Gasteiger partial charge < -0.3 is 0 Å². The van der Waals surface area contributed by atoms with E-state index in [2.05, 4.69) is 26.8 Å². The van der Waals surface area contributed by atoms with Gasteiger partial charge in [-0.25, -0.2) is 4.39 Å². The standard InChI is InChI=1S/C15H11BrClFN2O2/c16-10-3-6-13(17)12(8-10)15(22)20-19-14(21)7-9-1-4-11(18)5-2-9/h1-6,8H,7H2,(H,19,21)(H,20,22). The van der Waals surface area contributed by atoms with E-state index < -0.39 is 11.8 Å². The summed E-state index contributed by atoms with van der Waals surface area (Å²) in [5.41, 5.74) is 5.43. The van der Waals surface area contributed by atoms with Gasteiger partial charge in [0.2, 0.25) is 5.91 Å². The molecule has 114 valence electrons. The molecule has 2 rings (SSSR count). The Morgan fingerprint density at radius 2 is 1.77 bits per heavy atom. The van der Waals surface area contributed by atoms with Gasteiger partial charge in [-0.15, -0.1) is 0 Å². The highest BCUT2D eigenvalue weighted by molar-refractivity contribution is 9.10. The molecule has 0 saturated heterocycles. The first kappa shape index (κ1) is 16.5. The Bertz CT molecular complexity index is 707. The molecule has 2 aromatic carbocycles. The van der Waals surface area contributed by atoms with Gasteiger partial charge in [-0.2, -0.15) is 0 Å². The molecule has 0 spiro atoms. The predicted molar refractivity (Wildman–Crippen MR) is 84.9 cm³/mol. The fourth-order valence-electron chi connectivity index (χ4n) is 1.70. The minimum absolute atomic E-state index is 0.0206. The van der Waals surface area contributed by atoms with E-state index >= 15 is 0 Å². The molecule has 0 atom stereocenters. The molecule has 2 amide bonds. The van der Waals surface area contributed by atoms with Crippen molar-refractivity contribution in [1.29, 1.82) is 0 Å². The first-order valence-electron chi connectivity index (χ1n) is 6.24. The van der Waals surface area contributed by atoms with Crippen LogP contribution in [0, 0.1) is 5.82 Å². The second-order valence-corrected chi connectivity index (χ2v) is 5.75. The number of carbonyl (C=O) groups excluding carboxylic acids is 2. The topological polar surface area (TPSA) is 58.2 Å². The van der Waals surface area contributed by atoms with E-state index in [1.54, 1.807) is 18.2 Å². The van der Waals surface area contributed by atoms with Crippen LogP contribution in [0.15, 0.2) is 46.9 Å². The Kier molecular flexibility index (Phi) is 5.51. The summed E-state index contributed by atoms with van der Waals surface area (Å²) >= 11 is 9.16. The summed E-state index contributed by atoms with van der Waals surface area (Å²) in [5.74, 6) is -1.33. The van der Waals surface area contributed by atoms with E-state index in [-0.39, 0.29) is 22.8 Å². The Balaban J connectivity index is 1.91. The summed E-state index contributed by atoms with van der Waals surface area (Å²) in [7, 11) is 0. The van der Waals surface area contributed by atoms with Gasteiger partial charge in [0.25, 0.3) is 5.91 Å². The number of hydrogen-bond donors (Lipinski definition) is 2. The SMILES string of the molecule is O=C(Cc1ccc(F)cc1)NNC(=O)c1cc(Br)ccc1Cl. The first-order valence-corrected chi connectivity index (χ1v) is 7.41. The summed E-state index contributed by atoms with van der Waals surface area (Å²) in [4.78, 5) is 23.7. The van der Waals surface area contributed by atoms with Crippen LogP contribution >= 0.6 is 27.5 Å². The smallest absolute Gasteiger partial charge is 0.271 e. The van der Waals surface area contributed by atoms with Crippen molar-refractivity contribution >= 4 is 39.3 Å². The molecule has 4 nitrogen and oxygen atoms in total. The maximum atomic E-state index is 12.8. The summed E-state index contributed by atoms with van der Waals surface area (Å²) in [6.45, 7) is 0. The van der Waals surface area contributed by atoms with Gasteiger partial charge in [0.1, 0.15) is 5.82 Å². The average molecular weight is 386 g/mol. The Labute approximate surface area is 139 Å². The summed E-state index contributed by atoms with van der Waals surface area (Å²) in [6, 6.07) is 10.4. The first-order chi connectivity index (χ1) is 10.5. The predicted octanol–water partition coefficient (Wildman–Crippen LogP) is 3.25. The van der Waals surface area contributed by atoms with Crippen LogP contribution in [0.25, 0.3) is 0 Å². The monoisotopic (exact) mass is 384 g/mol. The highest BCUT2D eigenvalue weighted by atomic mass is 79.9. The molecule has 0 bridgehead atoms. The molecule has 0 aliphatic carbocycles. The molecule has 7 heteroatoms. The van der Waals surface area contributed by atoms with Gasteiger partial charge in [-0.1, -0.05) is 39.7 Å². The van der Waals surface area contributed by atoms with Crippen molar-refractivity contribution in [2.24, 2.45) is 0 Å². The summed E-state index contributed by atoms with van der Waals surface area (Å²) in [5, 5.41) is 0.272. The lowest BCUT2D eigenvalue weighted by molar-refractivity contribution is -0.121. The van der Waals surface area contributed by atoms with Gasteiger partial charge in [0.05, 0.1) is 17.0 Å². The summed E-state index contributed by atoms with van der Waals surface area (Å²) in [6.07, 6.45) is 0.0206. The molecule has 0 unspecified atom stereocenters. The van der Waals surface area contributed by atoms with Gasteiger partial charge in [-0.05, 0) is 35.9 Å². The molecule has 0 aromatic heterocycles. The van der Waals surface area contributed by atoms with Crippen LogP contribution in [0.3, 0.4) is 0 Å². The number of benzene rings is 2. The second-order valence-electron chi connectivity index (χ2n) is 4.43. The molecular formula is C15H11BrClFN2O2. The van der Waals surface area contributed by atoms with Crippen LogP contribution in [-0.4, -0.2) is 11.8 Å². The minimum atomic E-state index is -0.529. The molecule has 0 aliphatic rings. The van der Waals surface area contributed by atoms with Crippen molar-refractivity contribution in [1.82, 2.24) is 10.9 Å². The van der Waals surface area contributed by atoms with E-state index in [1.165, 1.54) is 24.3 Å². The van der Waals surface area contributed by atoms with E-state index in [0.29, 0.717) is 10.0 Å². The molecule has 22 heavy (non-hydrogen) atoms. The Morgan fingerprint density at radius 1 is 1.09 bits per heavy atom. The highest BCUT2D eigenvalue weighted by Gasteiger charge is 2.12. The molecule has 0 heterocycles. The maximum absolute atomic E-state index is 12.8. The zero-order valence-electron chi connectivity index (χ0n) is 11.2.